The molecular weight excluding hydrogens is 668 g/mol. The van der Waals surface area contributed by atoms with Crippen LogP contribution in [-0.2, 0) is 32.1 Å². The van der Waals surface area contributed by atoms with Crippen molar-refractivity contribution in [1.82, 2.24) is 25.1 Å². The number of likely N-dealkylation sites (N-methyl/N-ethyl adjacent to an activating group) is 1. The molecule has 4 rings (SSSR count). The first-order chi connectivity index (χ1) is 25.1. The van der Waals surface area contributed by atoms with Gasteiger partial charge in [-0.15, -0.1) is 0 Å². The molecule has 0 radical (unpaired) electrons. The van der Waals surface area contributed by atoms with E-state index in [9.17, 15) is 19.2 Å². The molecule has 282 valence electrons. The SMILES string of the molecule is CN(C)C(=O)C(CCCn1cnc(NC(=O)[C@@H](CCCc2ccccc2)NC(=O)C(C)(C)NC(=O)OC(C)(C)C)c1)c1ccc(-c2ccccc2)cc1. The Balaban J connectivity index is 1.38. The normalized spacial score (nSPS) is 12.7. The van der Waals surface area contributed by atoms with Crippen LogP contribution in [0.3, 0.4) is 0 Å². The van der Waals surface area contributed by atoms with E-state index in [-0.39, 0.29) is 11.8 Å². The average molecular weight is 723 g/mol. The van der Waals surface area contributed by atoms with Gasteiger partial charge in [0.2, 0.25) is 17.7 Å². The fourth-order valence-corrected chi connectivity index (χ4v) is 5.90. The van der Waals surface area contributed by atoms with Crippen LogP contribution in [0.2, 0.25) is 0 Å². The van der Waals surface area contributed by atoms with Crippen molar-refractivity contribution >= 4 is 29.6 Å². The summed E-state index contributed by atoms with van der Waals surface area (Å²) in [5, 5.41) is 8.31. The number of nitrogens with zero attached hydrogens (tertiary/aromatic N) is 3. The molecule has 0 aliphatic heterocycles. The number of nitrogens with one attached hydrogen (secondary N) is 3. The van der Waals surface area contributed by atoms with Gasteiger partial charge in [0.05, 0.1) is 12.2 Å². The molecule has 0 spiro atoms. The van der Waals surface area contributed by atoms with E-state index in [1.165, 1.54) is 0 Å². The summed E-state index contributed by atoms with van der Waals surface area (Å²) < 4.78 is 7.21. The minimum absolute atomic E-state index is 0.0425. The second-order valence-corrected chi connectivity index (χ2v) is 15.1. The van der Waals surface area contributed by atoms with Gasteiger partial charge in [-0.3, -0.25) is 14.4 Å². The van der Waals surface area contributed by atoms with Crippen LogP contribution in [0, 0.1) is 0 Å². The quantitative estimate of drug-likeness (QED) is 0.115. The highest BCUT2D eigenvalue weighted by molar-refractivity contribution is 5.98. The summed E-state index contributed by atoms with van der Waals surface area (Å²) in [4.78, 5) is 58.7. The first kappa shape index (κ1) is 40.3. The number of amides is 4. The van der Waals surface area contributed by atoms with E-state index in [0.29, 0.717) is 38.0 Å². The molecule has 0 saturated heterocycles. The number of alkyl carbamates (subject to hydrolysis) is 1. The van der Waals surface area contributed by atoms with E-state index in [1.807, 2.05) is 65.2 Å². The maximum absolute atomic E-state index is 13.6. The van der Waals surface area contributed by atoms with Crippen molar-refractivity contribution in [2.75, 3.05) is 19.4 Å². The molecule has 0 bridgehead atoms. The molecule has 4 aromatic rings. The number of ether oxygens (including phenoxy) is 1. The number of rotatable bonds is 16. The molecule has 1 unspecified atom stereocenters. The maximum atomic E-state index is 13.6. The molecule has 0 saturated carbocycles. The summed E-state index contributed by atoms with van der Waals surface area (Å²) in [7, 11) is 3.54. The zero-order chi connectivity index (χ0) is 38.6. The third-order valence-corrected chi connectivity index (χ3v) is 8.76. The van der Waals surface area contributed by atoms with Crippen LogP contribution in [0.1, 0.15) is 77.3 Å². The number of hydrogen-bond donors (Lipinski definition) is 3. The van der Waals surface area contributed by atoms with Crippen molar-refractivity contribution in [1.29, 1.82) is 0 Å². The Morgan fingerprint density at radius 2 is 1.43 bits per heavy atom. The lowest BCUT2D eigenvalue weighted by Gasteiger charge is -2.29. The minimum atomic E-state index is -1.35. The van der Waals surface area contributed by atoms with E-state index in [0.717, 1.165) is 28.7 Å². The van der Waals surface area contributed by atoms with Crippen LogP contribution >= 0.6 is 0 Å². The van der Waals surface area contributed by atoms with Crippen molar-refractivity contribution in [2.45, 2.75) is 96.4 Å². The van der Waals surface area contributed by atoms with Gasteiger partial charge in [0.25, 0.3) is 0 Å². The predicted octanol–water partition coefficient (Wildman–Crippen LogP) is 6.95. The van der Waals surface area contributed by atoms with Gasteiger partial charge >= 0.3 is 6.09 Å². The van der Waals surface area contributed by atoms with Gasteiger partial charge in [0, 0.05) is 26.8 Å². The van der Waals surface area contributed by atoms with E-state index >= 15 is 0 Å². The highest BCUT2D eigenvalue weighted by atomic mass is 16.6. The highest BCUT2D eigenvalue weighted by Gasteiger charge is 2.34. The second kappa shape index (κ2) is 18.3. The average Bonchev–Trinajstić information content (AvgIpc) is 3.56. The monoisotopic (exact) mass is 722 g/mol. The fraction of sp³-hybridized carbons (Fsp3) is 0.405. The number of carbonyl (C=O) groups excluding carboxylic acids is 4. The van der Waals surface area contributed by atoms with E-state index in [1.54, 1.807) is 66.1 Å². The summed E-state index contributed by atoms with van der Waals surface area (Å²) >= 11 is 0. The van der Waals surface area contributed by atoms with Crippen LogP contribution < -0.4 is 16.0 Å². The van der Waals surface area contributed by atoms with Gasteiger partial charge in [-0.25, -0.2) is 9.78 Å². The first-order valence-corrected chi connectivity index (χ1v) is 18.2. The lowest BCUT2D eigenvalue weighted by Crippen LogP contribution is -2.58. The Hall–Kier alpha value is -5.45. The Morgan fingerprint density at radius 3 is 2.06 bits per heavy atom. The fourth-order valence-electron chi connectivity index (χ4n) is 5.90. The van der Waals surface area contributed by atoms with E-state index in [2.05, 4.69) is 45.2 Å². The summed E-state index contributed by atoms with van der Waals surface area (Å²) in [5.41, 5.74) is 2.22. The Morgan fingerprint density at radius 1 is 0.811 bits per heavy atom. The number of imidazole rings is 1. The first-order valence-electron chi connectivity index (χ1n) is 18.2. The van der Waals surface area contributed by atoms with E-state index in [4.69, 9.17) is 4.74 Å². The number of benzene rings is 3. The molecule has 1 heterocycles. The zero-order valence-corrected chi connectivity index (χ0v) is 32.0. The molecule has 0 aliphatic carbocycles. The lowest BCUT2D eigenvalue weighted by atomic mass is 9.91. The summed E-state index contributed by atoms with van der Waals surface area (Å²) in [5.74, 6) is -0.848. The third kappa shape index (κ3) is 12.6. The molecule has 53 heavy (non-hydrogen) atoms. The Labute approximate surface area is 313 Å². The van der Waals surface area contributed by atoms with Crippen LogP contribution in [0.25, 0.3) is 11.1 Å². The maximum Gasteiger partial charge on any atom is 0.408 e. The standard InChI is InChI=1S/C42H54N6O5/c1-41(2,3)53-40(52)46-42(4,5)39(51)44-35(22-14-18-30-16-10-8-11-17-30)37(49)45-36-28-48(29-43-36)27-15-21-34(38(50)47(6)7)33-25-23-32(24-26-33)31-19-12-9-13-20-31/h8-13,16-17,19-20,23-26,28-29,34-35H,14-15,18,21-22,27H2,1-7H3,(H,44,51)(H,45,49)(H,46,52)/t34?,35-/m1/s1. The van der Waals surface area contributed by atoms with Gasteiger partial charge in [-0.2, -0.15) is 0 Å². The van der Waals surface area contributed by atoms with Crippen molar-refractivity contribution < 1.29 is 23.9 Å². The Kier molecular flexibility index (Phi) is 14.0. The number of aryl methyl sites for hydroxylation is 2. The smallest absolute Gasteiger partial charge is 0.408 e. The van der Waals surface area contributed by atoms with Crippen LogP contribution in [0.4, 0.5) is 10.6 Å². The topological polar surface area (TPSA) is 135 Å². The van der Waals surface area contributed by atoms with Crippen molar-refractivity contribution in [2.24, 2.45) is 0 Å². The van der Waals surface area contributed by atoms with Crippen molar-refractivity contribution in [3.8, 4) is 11.1 Å². The minimum Gasteiger partial charge on any atom is -0.444 e. The van der Waals surface area contributed by atoms with Gasteiger partial charge in [0.15, 0.2) is 5.82 Å². The molecule has 3 aromatic carbocycles. The van der Waals surface area contributed by atoms with Gasteiger partial charge in [-0.05, 0) is 89.0 Å². The Bertz CT molecular complexity index is 1800. The second-order valence-electron chi connectivity index (χ2n) is 15.1. The molecule has 11 nitrogen and oxygen atoms in total. The largest absolute Gasteiger partial charge is 0.444 e. The number of aromatic nitrogens is 2. The summed E-state index contributed by atoms with van der Waals surface area (Å²) in [6.07, 6.45) is 5.71. The van der Waals surface area contributed by atoms with Crippen LogP contribution in [-0.4, -0.2) is 69.5 Å². The van der Waals surface area contributed by atoms with E-state index < -0.39 is 35.1 Å². The number of carbonyl (C=O) groups is 4. The molecule has 11 heteroatoms. The van der Waals surface area contributed by atoms with Crippen LogP contribution in [0.5, 0.6) is 0 Å². The summed E-state index contributed by atoms with van der Waals surface area (Å²) in [6, 6.07) is 27.3. The van der Waals surface area contributed by atoms with Crippen molar-refractivity contribution in [3.63, 3.8) is 0 Å². The third-order valence-electron chi connectivity index (χ3n) is 8.76. The van der Waals surface area contributed by atoms with Crippen LogP contribution in [0.15, 0.2) is 97.5 Å². The molecule has 2 atom stereocenters. The molecule has 4 amide bonds. The molecule has 0 aliphatic rings. The highest BCUT2D eigenvalue weighted by Crippen LogP contribution is 2.27. The summed E-state index contributed by atoms with van der Waals surface area (Å²) in [6.45, 7) is 8.92. The van der Waals surface area contributed by atoms with Crippen molar-refractivity contribution in [3.05, 3.63) is 109 Å². The molecule has 1 aromatic heterocycles. The predicted molar refractivity (Wildman–Crippen MR) is 208 cm³/mol. The molecular formula is C42H54N6O5. The molecule has 3 N–H and O–H groups in total. The van der Waals surface area contributed by atoms with Gasteiger partial charge < -0.3 is 30.2 Å². The molecule has 0 fully saturated rings. The van der Waals surface area contributed by atoms with Gasteiger partial charge in [-0.1, -0.05) is 84.9 Å². The van der Waals surface area contributed by atoms with Gasteiger partial charge in [0.1, 0.15) is 17.2 Å². The zero-order valence-electron chi connectivity index (χ0n) is 32.0. The number of hydrogen-bond acceptors (Lipinski definition) is 6. The number of anilines is 1. The lowest BCUT2D eigenvalue weighted by molar-refractivity contribution is -0.130.